The van der Waals surface area contributed by atoms with Crippen molar-refractivity contribution in [3.8, 4) is 21.0 Å². The predicted molar refractivity (Wildman–Crippen MR) is 84.0 cm³/mol. The van der Waals surface area contributed by atoms with Crippen LogP contribution < -0.4 is 5.73 Å². The Bertz CT molecular complexity index is 725. The van der Waals surface area contributed by atoms with Crippen LogP contribution in [0.2, 0.25) is 5.02 Å². The van der Waals surface area contributed by atoms with Gasteiger partial charge in [0.25, 0.3) is 0 Å². The van der Waals surface area contributed by atoms with Gasteiger partial charge in [-0.05, 0) is 29.3 Å². The highest BCUT2D eigenvalue weighted by Crippen LogP contribution is 2.43. The van der Waals surface area contributed by atoms with E-state index >= 15 is 0 Å². The Kier molecular flexibility index (Phi) is 3.12. The molecule has 3 nitrogen and oxygen atoms in total. The summed E-state index contributed by atoms with van der Waals surface area (Å²) in [5, 5.41) is 9.38. The zero-order valence-corrected chi connectivity index (χ0v) is 12.9. The number of nitrogens with two attached hydrogens (primary N) is 1. The molecule has 0 atom stereocenters. The first kappa shape index (κ1) is 12.7. The van der Waals surface area contributed by atoms with Gasteiger partial charge in [-0.15, -0.1) is 22.7 Å². The third kappa shape index (κ3) is 1.98. The monoisotopic (exact) mass is 309 g/mol. The quantitative estimate of drug-likeness (QED) is 0.761. The van der Waals surface area contributed by atoms with E-state index in [9.17, 15) is 0 Å². The van der Waals surface area contributed by atoms with Crippen molar-refractivity contribution in [3.63, 3.8) is 0 Å². The number of hydrogen-bond donors (Lipinski definition) is 1. The van der Waals surface area contributed by atoms with Crippen molar-refractivity contribution in [1.82, 2.24) is 9.78 Å². The molecule has 3 heterocycles. The minimum absolute atomic E-state index is 0.666. The second-order valence-electron chi connectivity index (χ2n) is 4.27. The number of thiophene rings is 2. The summed E-state index contributed by atoms with van der Waals surface area (Å²) in [4.78, 5) is 2.09. The lowest BCUT2D eigenvalue weighted by Crippen LogP contribution is -1.97. The lowest BCUT2D eigenvalue weighted by molar-refractivity contribution is 0.783. The number of aromatic nitrogens is 2. The fourth-order valence-electron chi connectivity index (χ4n) is 1.95. The summed E-state index contributed by atoms with van der Waals surface area (Å²) in [7, 11) is 1.85. The van der Waals surface area contributed by atoms with Crippen LogP contribution in [0.25, 0.3) is 21.0 Å². The highest BCUT2D eigenvalue weighted by molar-refractivity contribution is 7.15. The largest absolute Gasteiger partial charge is 0.383 e. The molecule has 0 bridgehead atoms. The first-order chi connectivity index (χ1) is 9.09. The van der Waals surface area contributed by atoms with Gasteiger partial charge >= 0.3 is 0 Å². The van der Waals surface area contributed by atoms with E-state index in [4.69, 9.17) is 17.3 Å². The van der Waals surface area contributed by atoms with Gasteiger partial charge in [-0.25, -0.2) is 0 Å². The van der Waals surface area contributed by atoms with Gasteiger partial charge in [-0.2, -0.15) is 5.10 Å². The summed E-state index contributed by atoms with van der Waals surface area (Å²) in [6, 6.07) is 4.06. The lowest BCUT2D eigenvalue weighted by Gasteiger charge is -2.00. The van der Waals surface area contributed by atoms with Gasteiger partial charge in [-0.1, -0.05) is 17.7 Å². The van der Waals surface area contributed by atoms with Crippen LogP contribution in [-0.2, 0) is 7.05 Å². The Morgan fingerprint density at radius 2 is 2.16 bits per heavy atom. The maximum atomic E-state index is 6.36. The van der Waals surface area contributed by atoms with Gasteiger partial charge < -0.3 is 5.73 Å². The van der Waals surface area contributed by atoms with Crippen LogP contribution in [0.5, 0.6) is 0 Å². The number of rotatable bonds is 2. The summed E-state index contributed by atoms with van der Waals surface area (Å²) >= 11 is 9.62. The summed E-state index contributed by atoms with van der Waals surface area (Å²) in [6.45, 7) is 2.00. The van der Waals surface area contributed by atoms with Crippen molar-refractivity contribution in [2.24, 2.45) is 7.05 Å². The molecule has 98 valence electrons. The van der Waals surface area contributed by atoms with Crippen LogP contribution >= 0.6 is 34.3 Å². The van der Waals surface area contributed by atoms with E-state index in [-0.39, 0.29) is 0 Å². The molecule has 0 fully saturated rings. The molecule has 3 aromatic heterocycles. The third-order valence-corrected chi connectivity index (χ3v) is 5.56. The van der Waals surface area contributed by atoms with Crippen LogP contribution in [-0.4, -0.2) is 9.78 Å². The average molecular weight is 310 g/mol. The van der Waals surface area contributed by atoms with Crippen LogP contribution in [0.4, 0.5) is 5.82 Å². The molecule has 0 aliphatic rings. The van der Waals surface area contributed by atoms with Crippen molar-refractivity contribution < 1.29 is 0 Å². The highest BCUT2D eigenvalue weighted by atomic mass is 35.5. The lowest BCUT2D eigenvalue weighted by atomic mass is 10.1. The molecule has 0 saturated carbocycles. The van der Waals surface area contributed by atoms with Gasteiger partial charge in [0.2, 0.25) is 0 Å². The predicted octanol–water partition coefficient (Wildman–Crippen LogP) is 4.42. The number of halogens is 1. The standard InChI is InChI=1S/C13H12ClN3S2/c1-7-6-19-12(10(7)14)11-9(8-4-3-5-18-8)13(15)17(2)16-11/h3-6H,15H2,1-2H3. The smallest absolute Gasteiger partial charge is 0.130 e. The minimum Gasteiger partial charge on any atom is -0.383 e. The molecular formula is C13H12ClN3S2. The topological polar surface area (TPSA) is 43.8 Å². The average Bonchev–Trinajstić information content (AvgIpc) is 3.06. The van der Waals surface area contributed by atoms with E-state index in [0.717, 1.165) is 31.6 Å². The molecule has 19 heavy (non-hydrogen) atoms. The molecule has 6 heteroatoms. The molecule has 0 aromatic carbocycles. The molecule has 0 saturated heterocycles. The first-order valence-electron chi connectivity index (χ1n) is 5.70. The normalized spacial score (nSPS) is 11.1. The van der Waals surface area contributed by atoms with E-state index < -0.39 is 0 Å². The van der Waals surface area contributed by atoms with Crippen molar-refractivity contribution in [3.05, 3.63) is 33.5 Å². The van der Waals surface area contributed by atoms with Crippen molar-refractivity contribution in [2.45, 2.75) is 6.92 Å². The van der Waals surface area contributed by atoms with E-state index in [1.165, 1.54) is 0 Å². The molecule has 0 aliphatic carbocycles. The Morgan fingerprint density at radius 1 is 1.37 bits per heavy atom. The molecule has 0 radical (unpaired) electrons. The fraction of sp³-hybridized carbons (Fsp3) is 0.154. The van der Waals surface area contributed by atoms with Crippen LogP contribution in [0, 0.1) is 6.92 Å². The van der Waals surface area contributed by atoms with E-state index in [1.54, 1.807) is 27.4 Å². The van der Waals surface area contributed by atoms with E-state index in [0.29, 0.717) is 5.82 Å². The maximum Gasteiger partial charge on any atom is 0.130 e. The zero-order chi connectivity index (χ0) is 13.6. The summed E-state index contributed by atoms with van der Waals surface area (Å²) in [5.74, 6) is 0.666. The van der Waals surface area contributed by atoms with Gasteiger partial charge in [-0.3, -0.25) is 4.68 Å². The molecule has 3 rings (SSSR count). The fourth-order valence-corrected chi connectivity index (χ4v) is 4.00. The Morgan fingerprint density at radius 3 is 2.74 bits per heavy atom. The van der Waals surface area contributed by atoms with Gasteiger partial charge in [0.05, 0.1) is 15.5 Å². The Hall–Kier alpha value is -1.30. The number of hydrogen-bond acceptors (Lipinski definition) is 4. The molecule has 2 N–H and O–H groups in total. The summed E-state index contributed by atoms with van der Waals surface area (Å²) in [5.41, 5.74) is 9.07. The molecular weight excluding hydrogens is 298 g/mol. The molecule has 0 unspecified atom stereocenters. The van der Waals surface area contributed by atoms with Crippen LogP contribution in [0.1, 0.15) is 5.56 Å². The van der Waals surface area contributed by atoms with Crippen molar-refractivity contribution in [2.75, 3.05) is 5.73 Å². The SMILES string of the molecule is Cc1csc(-c2nn(C)c(N)c2-c2cccs2)c1Cl. The van der Waals surface area contributed by atoms with E-state index in [2.05, 4.69) is 11.2 Å². The number of anilines is 1. The molecule has 0 aliphatic heterocycles. The van der Waals surface area contributed by atoms with Crippen LogP contribution in [0.15, 0.2) is 22.9 Å². The van der Waals surface area contributed by atoms with Crippen molar-refractivity contribution in [1.29, 1.82) is 0 Å². The Labute approximate surface area is 124 Å². The van der Waals surface area contributed by atoms with E-state index in [1.807, 2.05) is 30.8 Å². The second-order valence-corrected chi connectivity index (χ2v) is 6.48. The molecule has 0 spiro atoms. The summed E-state index contributed by atoms with van der Waals surface area (Å²) < 4.78 is 1.70. The third-order valence-electron chi connectivity index (χ3n) is 2.97. The highest BCUT2D eigenvalue weighted by Gasteiger charge is 2.21. The first-order valence-corrected chi connectivity index (χ1v) is 7.83. The zero-order valence-electron chi connectivity index (χ0n) is 10.5. The minimum atomic E-state index is 0.666. The van der Waals surface area contributed by atoms with Crippen molar-refractivity contribution >= 4 is 40.1 Å². The number of nitrogen functional groups attached to an aromatic ring is 1. The molecule has 0 amide bonds. The number of nitrogens with zero attached hydrogens (tertiary/aromatic N) is 2. The second kappa shape index (κ2) is 4.67. The molecule has 3 aromatic rings. The van der Waals surface area contributed by atoms with Gasteiger partial charge in [0.15, 0.2) is 0 Å². The maximum absolute atomic E-state index is 6.36. The summed E-state index contributed by atoms with van der Waals surface area (Å²) in [6.07, 6.45) is 0. The van der Waals surface area contributed by atoms with Gasteiger partial charge in [0, 0.05) is 11.9 Å². The number of aryl methyl sites for hydroxylation is 2. The van der Waals surface area contributed by atoms with Crippen LogP contribution in [0.3, 0.4) is 0 Å². The van der Waals surface area contributed by atoms with Gasteiger partial charge in [0.1, 0.15) is 11.5 Å². The Balaban J connectivity index is 2.28.